The average molecular weight is 271 g/mol. The lowest BCUT2D eigenvalue weighted by atomic mass is 10.0. The SMILES string of the molecule is CC1[C@@H](O)[C@@H](O)[C@H](N)C(O)P1(=O)c1ccccc1. The van der Waals surface area contributed by atoms with Crippen molar-refractivity contribution in [3.05, 3.63) is 30.3 Å². The fraction of sp³-hybridized carbons (Fsp3) is 0.500. The van der Waals surface area contributed by atoms with Gasteiger partial charge in [-0.25, -0.2) is 0 Å². The minimum absolute atomic E-state index is 0.478. The Hall–Kier alpha value is -0.710. The molecule has 1 heterocycles. The highest BCUT2D eigenvalue weighted by molar-refractivity contribution is 7.72. The minimum atomic E-state index is -3.28. The summed E-state index contributed by atoms with van der Waals surface area (Å²) in [5.41, 5.74) is 4.92. The molecule has 0 saturated carbocycles. The molecule has 5 N–H and O–H groups in total. The number of aliphatic hydroxyl groups is 3. The molecule has 1 fully saturated rings. The van der Waals surface area contributed by atoms with Crippen molar-refractivity contribution < 1.29 is 19.9 Å². The third kappa shape index (κ3) is 1.83. The quantitative estimate of drug-likeness (QED) is 0.513. The largest absolute Gasteiger partial charge is 0.390 e. The molecule has 6 atom stereocenters. The lowest BCUT2D eigenvalue weighted by Crippen LogP contribution is -2.59. The number of aliphatic hydroxyl groups excluding tert-OH is 3. The lowest BCUT2D eigenvalue weighted by Gasteiger charge is -2.43. The van der Waals surface area contributed by atoms with E-state index in [1.54, 1.807) is 37.3 Å². The molecule has 0 aromatic heterocycles. The summed E-state index contributed by atoms with van der Waals surface area (Å²) in [5, 5.41) is 30.3. The van der Waals surface area contributed by atoms with Crippen molar-refractivity contribution in [2.24, 2.45) is 5.73 Å². The summed E-state index contributed by atoms with van der Waals surface area (Å²) in [4.78, 5) is 0. The second kappa shape index (κ2) is 4.76. The first-order chi connectivity index (χ1) is 8.40. The Morgan fingerprint density at radius 2 is 1.67 bits per heavy atom. The van der Waals surface area contributed by atoms with E-state index in [9.17, 15) is 19.9 Å². The van der Waals surface area contributed by atoms with Crippen LogP contribution in [-0.4, -0.2) is 45.1 Å². The van der Waals surface area contributed by atoms with Gasteiger partial charge >= 0.3 is 0 Å². The van der Waals surface area contributed by atoms with Gasteiger partial charge in [0.2, 0.25) is 0 Å². The maximum Gasteiger partial charge on any atom is 0.149 e. The minimum Gasteiger partial charge on any atom is -0.390 e. The monoisotopic (exact) mass is 271 g/mol. The van der Waals surface area contributed by atoms with Gasteiger partial charge in [-0.05, 0) is 0 Å². The highest BCUT2D eigenvalue weighted by atomic mass is 31.2. The molecule has 100 valence electrons. The average Bonchev–Trinajstić information content (AvgIpc) is 2.42. The van der Waals surface area contributed by atoms with E-state index in [1.165, 1.54) is 0 Å². The van der Waals surface area contributed by atoms with Crippen LogP contribution in [0.25, 0.3) is 0 Å². The van der Waals surface area contributed by atoms with Crippen LogP contribution in [-0.2, 0) is 4.57 Å². The van der Waals surface area contributed by atoms with Crippen LogP contribution >= 0.6 is 7.14 Å². The molecular formula is C12H18NO4P. The Bertz CT molecular complexity index is 446. The van der Waals surface area contributed by atoms with Crippen molar-refractivity contribution in [2.75, 3.05) is 0 Å². The van der Waals surface area contributed by atoms with E-state index in [1.807, 2.05) is 0 Å². The molecule has 0 radical (unpaired) electrons. The van der Waals surface area contributed by atoms with Gasteiger partial charge in [0, 0.05) is 11.0 Å². The van der Waals surface area contributed by atoms with Gasteiger partial charge in [-0.3, -0.25) is 0 Å². The third-order valence-electron chi connectivity index (χ3n) is 3.74. The van der Waals surface area contributed by atoms with Crippen LogP contribution < -0.4 is 11.0 Å². The summed E-state index contributed by atoms with van der Waals surface area (Å²) in [5.74, 6) is -1.34. The van der Waals surface area contributed by atoms with Gasteiger partial charge in [-0.15, -0.1) is 0 Å². The van der Waals surface area contributed by atoms with Crippen LogP contribution in [0.1, 0.15) is 6.92 Å². The molecule has 1 aliphatic heterocycles. The van der Waals surface area contributed by atoms with Crippen molar-refractivity contribution in [2.45, 2.75) is 36.7 Å². The van der Waals surface area contributed by atoms with Crippen LogP contribution in [0.5, 0.6) is 0 Å². The van der Waals surface area contributed by atoms with E-state index >= 15 is 0 Å². The summed E-state index contributed by atoms with van der Waals surface area (Å²) >= 11 is 0. The van der Waals surface area contributed by atoms with Crippen LogP contribution in [0, 0.1) is 0 Å². The number of hydrogen-bond acceptors (Lipinski definition) is 5. The van der Waals surface area contributed by atoms with E-state index in [-0.39, 0.29) is 0 Å². The van der Waals surface area contributed by atoms with Crippen LogP contribution in [0.3, 0.4) is 0 Å². The molecule has 1 saturated heterocycles. The summed E-state index contributed by atoms with van der Waals surface area (Å²) in [6.07, 6.45) is -2.46. The maximum atomic E-state index is 13.1. The van der Waals surface area contributed by atoms with Crippen molar-refractivity contribution >= 4 is 12.4 Å². The van der Waals surface area contributed by atoms with Crippen molar-refractivity contribution in [1.82, 2.24) is 0 Å². The molecule has 3 unspecified atom stereocenters. The summed E-state index contributed by atoms with van der Waals surface area (Å²) < 4.78 is 13.1. The molecule has 1 aliphatic rings. The first-order valence-electron chi connectivity index (χ1n) is 5.85. The van der Waals surface area contributed by atoms with Gasteiger partial charge in [-0.2, -0.15) is 0 Å². The first kappa shape index (κ1) is 13.7. The van der Waals surface area contributed by atoms with E-state index in [0.29, 0.717) is 5.30 Å². The molecule has 5 nitrogen and oxygen atoms in total. The van der Waals surface area contributed by atoms with Gasteiger partial charge in [-0.1, -0.05) is 37.3 Å². The normalized spacial score (nSPS) is 44.8. The Kier molecular flexibility index (Phi) is 3.63. The topological polar surface area (TPSA) is 104 Å². The van der Waals surface area contributed by atoms with E-state index in [2.05, 4.69) is 0 Å². The zero-order chi connectivity index (χ0) is 13.5. The van der Waals surface area contributed by atoms with Crippen LogP contribution in [0.4, 0.5) is 0 Å². The molecular weight excluding hydrogens is 253 g/mol. The molecule has 2 rings (SSSR count). The standard InChI is InChI=1S/C12H18NO4P/c1-7-10(14)11(15)9(13)12(16)18(7,17)8-5-3-2-4-6-8/h2-7,9-12,14-16H,13H2,1H3/t7?,9-,10+,11-,12?,18?/m0/s1. The third-order valence-corrected chi connectivity index (χ3v) is 7.49. The molecule has 0 aliphatic carbocycles. The molecule has 0 spiro atoms. The fourth-order valence-corrected chi connectivity index (χ4v) is 5.68. The zero-order valence-electron chi connectivity index (χ0n) is 10.0. The molecule has 0 bridgehead atoms. The van der Waals surface area contributed by atoms with E-state index in [0.717, 1.165) is 0 Å². The number of hydrogen-bond donors (Lipinski definition) is 4. The Morgan fingerprint density at radius 1 is 1.11 bits per heavy atom. The number of rotatable bonds is 1. The van der Waals surface area contributed by atoms with E-state index in [4.69, 9.17) is 5.73 Å². The molecule has 1 aromatic carbocycles. The maximum absolute atomic E-state index is 13.1. The summed E-state index contributed by atoms with van der Waals surface area (Å²) in [6.45, 7) is 1.57. The van der Waals surface area contributed by atoms with Crippen LogP contribution in [0.2, 0.25) is 0 Å². The highest BCUT2D eigenvalue weighted by Gasteiger charge is 2.53. The lowest BCUT2D eigenvalue weighted by molar-refractivity contribution is -0.0249. The second-order valence-corrected chi connectivity index (χ2v) is 8.04. The Labute approximate surface area is 106 Å². The number of benzene rings is 1. The predicted octanol–water partition coefficient (Wildman–Crippen LogP) is -0.555. The van der Waals surface area contributed by atoms with Gasteiger partial charge in [0.05, 0.1) is 18.2 Å². The van der Waals surface area contributed by atoms with Gasteiger partial charge in [0.15, 0.2) is 0 Å². The van der Waals surface area contributed by atoms with E-state index < -0.39 is 36.9 Å². The van der Waals surface area contributed by atoms with Crippen molar-refractivity contribution in [1.29, 1.82) is 0 Å². The summed E-state index contributed by atoms with van der Waals surface area (Å²) in [7, 11) is -3.28. The smallest absolute Gasteiger partial charge is 0.149 e. The number of nitrogens with two attached hydrogens (primary N) is 1. The highest BCUT2D eigenvalue weighted by Crippen LogP contribution is 2.58. The first-order valence-corrected chi connectivity index (χ1v) is 7.70. The molecule has 6 heteroatoms. The second-order valence-electron chi connectivity index (χ2n) is 4.76. The van der Waals surface area contributed by atoms with Gasteiger partial charge < -0.3 is 25.6 Å². The van der Waals surface area contributed by atoms with Crippen molar-refractivity contribution in [3.8, 4) is 0 Å². The molecule has 1 aromatic rings. The molecule has 18 heavy (non-hydrogen) atoms. The Morgan fingerprint density at radius 3 is 2.22 bits per heavy atom. The van der Waals surface area contributed by atoms with Gasteiger partial charge in [0.1, 0.15) is 13.0 Å². The predicted molar refractivity (Wildman–Crippen MR) is 69.1 cm³/mol. The Balaban J connectivity index is 2.51. The molecule has 0 amide bonds. The summed E-state index contributed by atoms with van der Waals surface area (Å²) in [6, 6.07) is 7.41. The van der Waals surface area contributed by atoms with Gasteiger partial charge in [0.25, 0.3) is 0 Å². The zero-order valence-corrected chi connectivity index (χ0v) is 10.9. The van der Waals surface area contributed by atoms with Crippen molar-refractivity contribution in [3.63, 3.8) is 0 Å². The fourth-order valence-electron chi connectivity index (χ4n) is 2.46. The van der Waals surface area contributed by atoms with Crippen LogP contribution in [0.15, 0.2) is 30.3 Å².